The number of carbonyl (C=O) groups is 1. The van der Waals surface area contributed by atoms with Crippen LogP contribution in [-0.2, 0) is 0 Å². The van der Waals surface area contributed by atoms with E-state index in [-0.39, 0.29) is 0 Å². The van der Waals surface area contributed by atoms with Crippen molar-refractivity contribution in [3.63, 3.8) is 0 Å². The van der Waals surface area contributed by atoms with Crippen molar-refractivity contribution in [1.82, 2.24) is 10.3 Å². The van der Waals surface area contributed by atoms with Gasteiger partial charge in [0, 0.05) is 25.8 Å². The second-order valence-electron chi connectivity index (χ2n) is 4.00. The molecule has 2 rings (SSSR count). The van der Waals surface area contributed by atoms with E-state index in [2.05, 4.69) is 10.3 Å². The lowest BCUT2D eigenvalue weighted by atomic mass is 10.2. The summed E-state index contributed by atoms with van der Waals surface area (Å²) >= 11 is 0. The summed E-state index contributed by atoms with van der Waals surface area (Å²) in [7, 11) is 1.95. The number of aromatic nitrogens is 1. The zero-order valence-electron chi connectivity index (χ0n) is 9.31. The molecule has 1 aromatic rings. The molecule has 1 amide bonds. The number of nitrogens with one attached hydrogen (secondary N) is 1. The summed E-state index contributed by atoms with van der Waals surface area (Å²) in [5, 5.41) is 3.29. The fourth-order valence-corrected chi connectivity index (χ4v) is 2.01. The third kappa shape index (κ3) is 1.99. The van der Waals surface area contributed by atoms with Gasteiger partial charge in [-0.25, -0.2) is 4.98 Å². The van der Waals surface area contributed by atoms with Gasteiger partial charge in [0.15, 0.2) is 0 Å². The first kappa shape index (κ1) is 10.9. The first-order chi connectivity index (χ1) is 7.70. The minimum atomic E-state index is -0.430. The van der Waals surface area contributed by atoms with Crippen LogP contribution < -0.4 is 16.0 Å². The number of nitrogens with two attached hydrogens (primary N) is 1. The van der Waals surface area contributed by atoms with Gasteiger partial charge in [-0.2, -0.15) is 0 Å². The standard InChI is InChI=1S/C11H16N4O/c1-15(8-4-6-13-7-8)11-9(10(12)16)3-2-5-14-11/h2-3,5,8,13H,4,6-7H2,1H3,(H2,12,16). The number of hydrogen-bond donors (Lipinski definition) is 2. The third-order valence-corrected chi connectivity index (χ3v) is 2.97. The minimum Gasteiger partial charge on any atom is -0.365 e. The predicted octanol–water partition coefficient (Wildman–Crippen LogP) is -0.0214. The summed E-state index contributed by atoms with van der Waals surface area (Å²) < 4.78 is 0. The summed E-state index contributed by atoms with van der Waals surface area (Å²) in [4.78, 5) is 17.6. The highest BCUT2D eigenvalue weighted by molar-refractivity contribution is 5.97. The van der Waals surface area contributed by atoms with Crippen LogP contribution in [0.25, 0.3) is 0 Å². The van der Waals surface area contributed by atoms with Gasteiger partial charge in [-0.15, -0.1) is 0 Å². The fourth-order valence-electron chi connectivity index (χ4n) is 2.01. The molecule has 86 valence electrons. The number of amides is 1. The monoisotopic (exact) mass is 220 g/mol. The molecule has 1 aliphatic heterocycles. The van der Waals surface area contributed by atoms with E-state index in [1.165, 1.54) is 0 Å². The molecule has 0 spiro atoms. The summed E-state index contributed by atoms with van der Waals surface area (Å²) in [6, 6.07) is 3.82. The molecule has 1 aromatic heterocycles. The summed E-state index contributed by atoms with van der Waals surface area (Å²) in [6.07, 6.45) is 2.74. The topological polar surface area (TPSA) is 71.2 Å². The Labute approximate surface area is 94.6 Å². The maximum atomic E-state index is 11.3. The van der Waals surface area contributed by atoms with Gasteiger partial charge in [0.2, 0.25) is 0 Å². The zero-order chi connectivity index (χ0) is 11.5. The van der Waals surface area contributed by atoms with Crippen LogP contribution in [-0.4, -0.2) is 37.1 Å². The van der Waals surface area contributed by atoms with Gasteiger partial charge in [0.1, 0.15) is 5.82 Å². The molecule has 3 N–H and O–H groups in total. The van der Waals surface area contributed by atoms with Gasteiger partial charge in [-0.05, 0) is 25.1 Å². The smallest absolute Gasteiger partial charge is 0.252 e. The molecular weight excluding hydrogens is 204 g/mol. The predicted molar refractivity (Wildman–Crippen MR) is 62.4 cm³/mol. The van der Waals surface area contributed by atoms with E-state index in [9.17, 15) is 4.79 Å². The first-order valence-corrected chi connectivity index (χ1v) is 5.38. The number of likely N-dealkylation sites (N-methyl/N-ethyl adjacent to an activating group) is 1. The molecule has 0 bridgehead atoms. The van der Waals surface area contributed by atoms with E-state index in [0.29, 0.717) is 17.4 Å². The Morgan fingerprint density at radius 2 is 2.50 bits per heavy atom. The molecule has 5 nitrogen and oxygen atoms in total. The molecule has 0 saturated carbocycles. The van der Waals surface area contributed by atoms with Crippen molar-refractivity contribution in [3.8, 4) is 0 Å². The number of rotatable bonds is 3. The molecule has 1 atom stereocenters. The van der Waals surface area contributed by atoms with Gasteiger partial charge < -0.3 is 16.0 Å². The van der Waals surface area contributed by atoms with Crippen LogP contribution in [0.5, 0.6) is 0 Å². The number of primary amides is 1. The van der Waals surface area contributed by atoms with Crippen molar-refractivity contribution in [2.45, 2.75) is 12.5 Å². The van der Waals surface area contributed by atoms with Gasteiger partial charge in [0.05, 0.1) is 5.56 Å². The van der Waals surface area contributed by atoms with E-state index in [4.69, 9.17) is 5.73 Å². The second-order valence-corrected chi connectivity index (χ2v) is 4.00. The lowest BCUT2D eigenvalue weighted by Crippen LogP contribution is -2.35. The van der Waals surface area contributed by atoms with Crippen molar-refractivity contribution in [3.05, 3.63) is 23.9 Å². The number of anilines is 1. The van der Waals surface area contributed by atoms with Crippen molar-refractivity contribution in [1.29, 1.82) is 0 Å². The van der Waals surface area contributed by atoms with Crippen LogP contribution in [0.1, 0.15) is 16.8 Å². The first-order valence-electron chi connectivity index (χ1n) is 5.38. The summed E-state index contributed by atoms with van der Waals surface area (Å²) in [6.45, 7) is 1.93. The Hall–Kier alpha value is -1.62. The van der Waals surface area contributed by atoms with Crippen LogP contribution in [0.15, 0.2) is 18.3 Å². The normalized spacial score (nSPS) is 19.7. The largest absolute Gasteiger partial charge is 0.365 e. The van der Waals surface area contributed by atoms with E-state index in [0.717, 1.165) is 19.5 Å². The maximum absolute atomic E-state index is 11.3. The average Bonchev–Trinajstić information content (AvgIpc) is 2.81. The van der Waals surface area contributed by atoms with Crippen molar-refractivity contribution in [2.24, 2.45) is 5.73 Å². The molecule has 0 aromatic carbocycles. The SMILES string of the molecule is CN(c1ncccc1C(N)=O)C1CCNC1. The molecule has 1 fully saturated rings. The Balaban J connectivity index is 2.27. The Morgan fingerprint density at radius 1 is 1.69 bits per heavy atom. The van der Waals surface area contributed by atoms with Crippen LogP contribution >= 0.6 is 0 Å². The quantitative estimate of drug-likeness (QED) is 0.751. The van der Waals surface area contributed by atoms with Crippen molar-refractivity contribution in [2.75, 3.05) is 25.0 Å². The highest BCUT2D eigenvalue weighted by Crippen LogP contribution is 2.19. The lowest BCUT2D eigenvalue weighted by Gasteiger charge is -2.26. The molecule has 1 aliphatic rings. The molecule has 1 unspecified atom stereocenters. The van der Waals surface area contributed by atoms with Crippen LogP contribution in [0, 0.1) is 0 Å². The average molecular weight is 220 g/mol. The second kappa shape index (κ2) is 4.49. The Kier molecular flexibility index (Phi) is 3.05. The number of nitrogens with zero attached hydrogens (tertiary/aromatic N) is 2. The molecular formula is C11H16N4O. The molecule has 2 heterocycles. The summed E-state index contributed by atoms with van der Waals surface area (Å²) in [5.41, 5.74) is 5.81. The van der Waals surface area contributed by atoms with Crippen molar-refractivity contribution >= 4 is 11.7 Å². The number of pyridine rings is 1. The Bertz CT molecular complexity index is 387. The highest BCUT2D eigenvalue weighted by Gasteiger charge is 2.23. The number of hydrogen-bond acceptors (Lipinski definition) is 4. The fraction of sp³-hybridized carbons (Fsp3) is 0.455. The lowest BCUT2D eigenvalue weighted by molar-refractivity contribution is 0.100. The van der Waals surface area contributed by atoms with Crippen LogP contribution in [0.2, 0.25) is 0 Å². The highest BCUT2D eigenvalue weighted by atomic mass is 16.1. The van der Waals surface area contributed by atoms with E-state index >= 15 is 0 Å². The molecule has 0 aliphatic carbocycles. The van der Waals surface area contributed by atoms with Gasteiger partial charge in [-0.3, -0.25) is 4.79 Å². The molecule has 5 heteroatoms. The van der Waals surface area contributed by atoms with Gasteiger partial charge in [0.25, 0.3) is 5.91 Å². The summed E-state index contributed by atoms with van der Waals surface area (Å²) in [5.74, 6) is 0.240. The van der Waals surface area contributed by atoms with E-state index < -0.39 is 5.91 Å². The number of carbonyl (C=O) groups excluding carboxylic acids is 1. The van der Waals surface area contributed by atoms with E-state index in [1.807, 2.05) is 11.9 Å². The maximum Gasteiger partial charge on any atom is 0.252 e. The van der Waals surface area contributed by atoms with Gasteiger partial charge >= 0.3 is 0 Å². The minimum absolute atomic E-state index is 0.382. The Morgan fingerprint density at radius 3 is 3.12 bits per heavy atom. The van der Waals surface area contributed by atoms with Crippen LogP contribution in [0.3, 0.4) is 0 Å². The third-order valence-electron chi connectivity index (χ3n) is 2.97. The molecule has 0 radical (unpaired) electrons. The van der Waals surface area contributed by atoms with Crippen molar-refractivity contribution < 1.29 is 4.79 Å². The zero-order valence-corrected chi connectivity index (χ0v) is 9.31. The molecule has 16 heavy (non-hydrogen) atoms. The van der Waals surface area contributed by atoms with Gasteiger partial charge in [-0.1, -0.05) is 0 Å². The van der Waals surface area contributed by atoms with Crippen LogP contribution in [0.4, 0.5) is 5.82 Å². The van der Waals surface area contributed by atoms with E-state index in [1.54, 1.807) is 18.3 Å². The molecule has 1 saturated heterocycles.